The molecule has 2 aliphatic heterocycles. The Morgan fingerprint density at radius 3 is 2.81 bits per heavy atom. The number of hydrogen-bond donors (Lipinski definition) is 2. The van der Waals surface area contributed by atoms with Crippen molar-refractivity contribution >= 4 is 11.8 Å². The van der Waals surface area contributed by atoms with Gasteiger partial charge in [0.1, 0.15) is 5.82 Å². The van der Waals surface area contributed by atoms with Crippen molar-refractivity contribution in [2.45, 2.75) is 39.3 Å². The van der Waals surface area contributed by atoms with E-state index in [1.165, 1.54) is 5.56 Å². The van der Waals surface area contributed by atoms with Crippen molar-refractivity contribution in [2.24, 2.45) is 4.99 Å². The number of likely N-dealkylation sites (N-methyl/N-ethyl adjacent to an activating group) is 1. The molecule has 2 saturated heterocycles. The summed E-state index contributed by atoms with van der Waals surface area (Å²) in [6.07, 6.45) is 4.50. The van der Waals surface area contributed by atoms with Crippen LogP contribution in [0.25, 0.3) is 0 Å². The Kier molecular flexibility index (Phi) is 7.71. The van der Waals surface area contributed by atoms with Gasteiger partial charge in [-0.25, -0.2) is 9.98 Å². The van der Waals surface area contributed by atoms with Crippen molar-refractivity contribution in [2.75, 3.05) is 57.3 Å². The summed E-state index contributed by atoms with van der Waals surface area (Å²) < 4.78 is 5.68. The van der Waals surface area contributed by atoms with Crippen LogP contribution in [0.4, 0.5) is 5.82 Å². The molecule has 3 rings (SSSR count). The molecule has 2 N–H and O–H groups in total. The van der Waals surface area contributed by atoms with E-state index in [0.29, 0.717) is 12.6 Å². The second kappa shape index (κ2) is 10.5. The average Bonchev–Trinajstić information content (AvgIpc) is 3.24. The van der Waals surface area contributed by atoms with Gasteiger partial charge in [-0.15, -0.1) is 0 Å². The molecule has 7 nitrogen and oxygen atoms in total. The van der Waals surface area contributed by atoms with Crippen molar-refractivity contribution in [3.8, 4) is 0 Å². The molecule has 27 heavy (non-hydrogen) atoms. The molecule has 0 aromatic carbocycles. The number of aliphatic imine (C=N–C) groups is 1. The number of nitrogens with zero attached hydrogens (tertiary/aromatic N) is 4. The first-order chi connectivity index (χ1) is 13.3. The highest BCUT2D eigenvalue weighted by Crippen LogP contribution is 2.16. The molecule has 7 heteroatoms. The minimum Gasteiger partial charge on any atom is -0.376 e. The Bertz CT molecular complexity index is 594. The van der Waals surface area contributed by atoms with Crippen LogP contribution in [-0.2, 0) is 11.3 Å². The summed E-state index contributed by atoms with van der Waals surface area (Å²) in [5, 5.41) is 6.72. The third-order valence-electron chi connectivity index (χ3n) is 5.24. The quantitative estimate of drug-likeness (QED) is 0.556. The van der Waals surface area contributed by atoms with Gasteiger partial charge in [0.25, 0.3) is 0 Å². The summed E-state index contributed by atoms with van der Waals surface area (Å²) >= 11 is 0. The number of ether oxygens (including phenoxy) is 1. The molecule has 1 unspecified atom stereocenters. The summed E-state index contributed by atoms with van der Waals surface area (Å²) in [6.45, 7) is 12.9. The normalized spacial score (nSPS) is 21.5. The zero-order valence-corrected chi connectivity index (χ0v) is 16.8. The number of rotatable bonds is 7. The van der Waals surface area contributed by atoms with Crippen LogP contribution in [0.1, 0.15) is 32.3 Å². The number of guanidine groups is 1. The first-order valence-electron chi connectivity index (χ1n) is 10.3. The molecule has 3 heterocycles. The van der Waals surface area contributed by atoms with Crippen molar-refractivity contribution in [1.29, 1.82) is 0 Å². The summed E-state index contributed by atoms with van der Waals surface area (Å²) in [5.74, 6) is 1.92. The number of hydrogen-bond acceptors (Lipinski definition) is 5. The second-order valence-corrected chi connectivity index (χ2v) is 7.15. The van der Waals surface area contributed by atoms with Crippen molar-refractivity contribution in [1.82, 2.24) is 20.5 Å². The van der Waals surface area contributed by atoms with E-state index in [0.717, 1.165) is 77.0 Å². The number of piperazine rings is 1. The van der Waals surface area contributed by atoms with Gasteiger partial charge in [-0.1, -0.05) is 6.92 Å². The molecule has 2 aliphatic rings. The molecule has 0 aliphatic carbocycles. The van der Waals surface area contributed by atoms with E-state index in [1.807, 2.05) is 6.20 Å². The molecular weight excluding hydrogens is 340 g/mol. The zero-order valence-electron chi connectivity index (χ0n) is 16.8. The maximum Gasteiger partial charge on any atom is 0.191 e. The van der Waals surface area contributed by atoms with Gasteiger partial charge < -0.3 is 25.2 Å². The van der Waals surface area contributed by atoms with E-state index in [1.54, 1.807) is 0 Å². The minimum atomic E-state index is 0.308. The molecular formula is C20H34N6O. The first kappa shape index (κ1) is 19.9. The largest absolute Gasteiger partial charge is 0.376 e. The molecule has 1 aromatic heterocycles. The highest BCUT2D eigenvalue weighted by Gasteiger charge is 2.17. The molecule has 0 spiro atoms. The average molecular weight is 375 g/mol. The fraction of sp³-hybridized carbons (Fsp3) is 0.700. The van der Waals surface area contributed by atoms with Crippen LogP contribution in [0.2, 0.25) is 0 Å². The van der Waals surface area contributed by atoms with Gasteiger partial charge in [0.05, 0.1) is 12.6 Å². The van der Waals surface area contributed by atoms with Crippen LogP contribution in [0.5, 0.6) is 0 Å². The Hall–Kier alpha value is -1.86. The second-order valence-electron chi connectivity index (χ2n) is 7.15. The van der Waals surface area contributed by atoms with Crippen LogP contribution in [0, 0.1) is 0 Å². The topological polar surface area (TPSA) is 65.0 Å². The lowest BCUT2D eigenvalue weighted by molar-refractivity contribution is 0.114. The Morgan fingerprint density at radius 1 is 1.26 bits per heavy atom. The van der Waals surface area contributed by atoms with Gasteiger partial charge in [0.2, 0.25) is 0 Å². The summed E-state index contributed by atoms with van der Waals surface area (Å²) in [4.78, 5) is 14.2. The van der Waals surface area contributed by atoms with Gasteiger partial charge in [-0.05, 0) is 44.0 Å². The van der Waals surface area contributed by atoms with Crippen LogP contribution >= 0.6 is 0 Å². The van der Waals surface area contributed by atoms with E-state index >= 15 is 0 Å². The van der Waals surface area contributed by atoms with Crippen molar-refractivity contribution in [3.05, 3.63) is 23.9 Å². The van der Waals surface area contributed by atoms with Crippen LogP contribution in [-0.4, -0.2) is 74.4 Å². The van der Waals surface area contributed by atoms with Gasteiger partial charge in [0.15, 0.2) is 5.96 Å². The van der Waals surface area contributed by atoms with Gasteiger partial charge in [0, 0.05) is 52.1 Å². The molecule has 2 fully saturated rings. The predicted molar refractivity (Wildman–Crippen MR) is 110 cm³/mol. The molecule has 0 radical (unpaired) electrons. The summed E-state index contributed by atoms with van der Waals surface area (Å²) in [5.41, 5.74) is 1.19. The third kappa shape index (κ3) is 6.07. The van der Waals surface area contributed by atoms with E-state index in [4.69, 9.17) is 9.73 Å². The van der Waals surface area contributed by atoms with E-state index in [9.17, 15) is 0 Å². The van der Waals surface area contributed by atoms with Crippen LogP contribution in [0.3, 0.4) is 0 Å². The maximum atomic E-state index is 5.68. The van der Waals surface area contributed by atoms with E-state index < -0.39 is 0 Å². The molecule has 1 aromatic rings. The summed E-state index contributed by atoms with van der Waals surface area (Å²) in [7, 11) is 0. The first-order valence-corrected chi connectivity index (χ1v) is 10.3. The molecule has 0 saturated carbocycles. The lowest BCUT2D eigenvalue weighted by atomic mass is 10.2. The molecule has 0 amide bonds. The van der Waals surface area contributed by atoms with E-state index in [-0.39, 0.29) is 0 Å². The van der Waals surface area contributed by atoms with Crippen molar-refractivity contribution in [3.63, 3.8) is 0 Å². The Balaban J connectivity index is 1.55. The minimum absolute atomic E-state index is 0.308. The SMILES string of the molecule is CCNC(=NCc1ccnc(N2CCN(CC)CC2)c1)NCC1CCCO1. The van der Waals surface area contributed by atoms with Crippen LogP contribution in [0.15, 0.2) is 23.3 Å². The zero-order chi connectivity index (χ0) is 18.9. The van der Waals surface area contributed by atoms with Gasteiger partial charge in [-0.3, -0.25) is 0 Å². The van der Waals surface area contributed by atoms with Gasteiger partial charge >= 0.3 is 0 Å². The Labute approximate surface area is 163 Å². The smallest absolute Gasteiger partial charge is 0.191 e. The van der Waals surface area contributed by atoms with Crippen molar-refractivity contribution < 1.29 is 4.74 Å². The van der Waals surface area contributed by atoms with Gasteiger partial charge in [-0.2, -0.15) is 0 Å². The number of aromatic nitrogens is 1. The fourth-order valence-electron chi connectivity index (χ4n) is 3.55. The summed E-state index contributed by atoms with van der Waals surface area (Å²) in [6, 6.07) is 4.23. The molecule has 0 bridgehead atoms. The lowest BCUT2D eigenvalue weighted by Crippen LogP contribution is -2.46. The standard InChI is InChI=1S/C20H34N6O/c1-3-21-20(24-16-18-6-5-13-27-18)23-15-17-7-8-22-19(14-17)26-11-9-25(4-2)10-12-26/h7-8,14,18H,3-6,9-13,15-16H2,1-2H3,(H2,21,23,24). The number of pyridine rings is 1. The Morgan fingerprint density at radius 2 is 2.11 bits per heavy atom. The highest BCUT2D eigenvalue weighted by atomic mass is 16.5. The monoisotopic (exact) mass is 374 g/mol. The maximum absolute atomic E-state index is 5.68. The molecule has 150 valence electrons. The highest BCUT2D eigenvalue weighted by molar-refractivity contribution is 5.79. The predicted octanol–water partition coefficient (Wildman–Crippen LogP) is 1.46. The number of anilines is 1. The number of nitrogens with one attached hydrogen (secondary N) is 2. The van der Waals surface area contributed by atoms with Crippen LogP contribution < -0.4 is 15.5 Å². The van der Waals surface area contributed by atoms with E-state index in [2.05, 4.69) is 51.4 Å². The fourth-order valence-corrected chi connectivity index (χ4v) is 3.55. The lowest BCUT2D eigenvalue weighted by Gasteiger charge is -2.34. The third-order valence-corrected chi connectivity index (χ3v) is 5.24. The molecule has 1 atom stereocenters.